The van der Waals surface area contributed by atoms with E-state index in [2.05, 4.69) is 11.7 Å². The predicted octanol–water partition coefficient (Wildman–Crippen LogP) is 1.96. The Morgan fingerprint density at radius 2 is 2.06 bits per heavy atom. The second-order valence-electron chi connectivity index (χ2n) is 4.01. The minimum absolute atomic E-state index is 0.128. The maximum Gasteiger partial charge on any atom is 0.331 e. The fourth-order valence-electron chi connectivity index (χ4n) is 1.56. The second-order valence-corrected chi connectivity index (χ2v) is 4.01. The van der Waals surface area contributed by atoms with E-state index in [1.54, 1.807) is 0 Å². The Labute approximate surface area is 107 Å². The van der Waals surface area contributed by atoms with Gasteiger partial charge in [0.2, 0.25) is 0 Å². The van der Waals surface area contributed by atoms with Gasteiger partial charge in [-0.1, -0.05) is 30.3 Å². The van der Waals surface area contributed by atoms with Crippen molar-refractivity contribution in [2.75, 3.05) is 6.61 Å². The molecule has 0 saturated heterocycles. The first-order valence-corrected chi connectivity index (χ1v) is 6.05. The molecule has 1 aromatic rings. The van der Waals surface area contributed by atoms with Crippen molar-refractivity contribution in [1.82, 2.24) is 0 Å². The van der Waals surface area contributed by atoms with Gasteiger partial charge < -0.3 is 9.84 Å². The highest BCUT2D eigenvalue weighted by Gasteiger charge is 2.17. The number of benzene rings is 1. The molecule has 0 radical (unpaired) electrons. The van der Waals surface area contributed by atoms with Gasteiger partial charge in [-0.3, -0.25) is 4.99 Å². The quantitative estimate of drug-likeness (QED) is 0.435. The van der Waals surface area contributed by atoms with Crippen LogP contribution in [0.15, 0.2) is 35.3 Å². The van der Waals surface area contributed by atoms with Crippen molar-refractivity contribution in [2.24, 2.45) is 4.99 Å². The molecule has 0 aliphatic heterocycles. The molecule has 1 atom stereocenters. The SMILES string of the molecule is C=NC(CCCCO)C(=O)OCc1ccccc1. The lowest BCUT2D eigenvalue weighted by atomic mass is 10.1. The highest BCUT2D eigenvalue weighted by atomic mass is 16.5. The molecule has 0 fully saturated rings. The fourth-order valence-corrected chi connectivity index (χ4v) is 1.56. The van der Waals surface area contributed by atoms with Crippen molar-refractivity contribution >= 4 is 12.7 Å². The number of aliphatic hydroxyl groups excluding tert-OH is 1. The summed E-state index contributed by atoms with van der Waals surface area (Å²) < 4.78 is 5.18. The fraction of sp³-hybridized carbons (Fsp3) is 0.429. The smallest absolute Gasteiger partial charge is 0.331 e. The topological polar surface area (TPSA) is 58.9 Å². The molecule has 0 aliphatic rings. The first kappa shape index (κ1) is 14.4. The standard InChI is InChI=1S/C14H19NO3/c1-15-13(9-5-6-10-16)14(17)18-11-12-7-3-2-4-8-12/h2-4,7-8,13,16H,1,5-6,9-11H2. The van der Waals surface area contributed by atoms with Crippen LogP contribution >= 0.6 is 0 Å². The van der Waals surface area contributed by atoms with E-state index >= 15 is 0 Å². The Balaban J connectivity index is 2.35. The number of esters is 1. The Morgan fingerprint density at radius 3 is 2.67 bits per heavy atom. The average molecular weight is 249 g/mol. The molecule has 0 spiro atoms. The van der Waals surface area contributed by atoms with Crippen molar-refractivity contribution in [1.29, 1.82) is 0 Å². The number of aliphatic imine (C=N–C) groups is 1. The molecule has 0 aliphatic carbocycles. The van der Waals surface area contributed by atoms with Crippen LogP contribution < -0.4 is 0 Å². The number of carbonyl (C=O) groups is 1. The third-order valence-corrected chi connectivity index (χ3v) is 2.60. The summed E-state index contributed by atoms with van der Waals surface area (Å²) in [5.41, 5.74) is 0.948. The van der Waals surface area contributed by atoms with Gasteiger partial charge in [0.05, 0.1) is 0 Å². The van der Waals surface area contributed by atoms with Crippen LogP contribution in [-0.2, 0) is 16.1 Å². The number of ether oxygens (including phenoxy) is 1. The first-order chi connectivity index (χ1) is 8.77. The first-order valence-electron chi connectivity index (χ1n) is 6.05. The minimum Gasteiger partial charge on any atom is -0.459 e. The van der Waals surface area contributed by atoms with E-state index in [-0.39, 0.29) is 19.2 Å². The molecule has 0 amide bonds. The molecule has 18 heavy (non-hydrogen) atoms. The van der Waals surface area contributed by atoms with E-state index in [1.165, 1.54) is 0 Å². The lowest BCUT2D eigenvalue weighted by Gasteiger charge is -2.11. The van der Waals surface area contributed by atoms with Crippen molar-refractivity contribution in [3.05, 3.63) is 35.9 Å². The van der Waals surface area contributed by atoms with Crippen LogP contribution in [0, 0.1) is 0 Å². The summed E-state index contributed by atoms with van der Waals surface area (Å²) in [6.07, 6.45) is 1.97. The molecule has 4 heteroatoms. The molecule has 1 aromatic carbocycles. The van der Waals surface area contributed by atoms with Crippen LogP contribution in [0.5, 0.6) is 0 Å². The van der Waals surface area contributed by atoms with Crippen LogP contribution in [0.4, 0.5) is 0 Å². The van der Waals surface area contributed by atoms with Gasteiger partial charge in [-0.2, -0.15) is 0 Å². The lowest BCUT2D eigenvalue weighted by Crippen LogP contribution is -2.21. The number of hydrogen-bond acceptors (Lipinski definition) is 4. The molecular weight excluding hydrogens is 230 g/mol. The summed E-state index contributed by atoms with van der Waals surface area (Å²) >= 11 is 0. The van der Waals surface area contributed by atoms with Gasteiger partial charge in [0.1, 0.15) is 12.6 Å². The number of unbranched alkanes of at least 4 members (excludes halogenated alkanes) is 1. The Kier molecular flexibility index (Phi) is 6.72. The van der Waals surface area contributed by atoms with Crippen molar-refractivity contribution in [3.63, 3.8) is 0 Å². The third-order valence-electron chi connectivity index (χ3n) is 2.60. The van der Waals surface area contributed by atoms with Gasteiger partial charge in [0.25, 0.3) is 0 Å². The molecular formula is C14H19NO3. The Bertz CT molecular complexity index is 365. The van der Waals surface area contributed by atoms with E-state index in [0.29, 0.717) is 12.8 Å². The van der Waals surface area contributed by atoms with Crippen LogP contribution in [0.1, 0.15) is 24.8 Å². The second kappa shape index (κ2) is 8.42. The summed E-state index contributed by atoms with van der Waals surface area (Å²) in [5.74, 6) is -0.355. The number of aliphatic hydroxyl groups is 1. The van der Waals surface area contributed by atoms with E-state index in [1.807, 2.05) is 30.3 Å². The molecule has 98 valence electrons. The summed E-state index contributed by atoms with van der Waals surface area (Å²) in [7, 11) is 0. The zero-order chi connectivity index (χ0) is 13.2. The number of rotatable bonds is 8. The number of nitrogens with zero attached hydrogens (tertiary/aromatic N) is 1. The molecule has 0 heterocycles. The zero-order valence-electron chi connectivity index (χ0n) is 10.4. The maximum absolute atomic E-state index is 11.7. The molecule has 0 aromatic heterocycles. The van der Waals surface area contributed by atoms with Gasteiger partial charge >= 0.3 is 5.97 Å². The van der Waals surface area contributed by atoms with E-state index in [9.17, 15) is 4.79 Å². The van der Waals surface area contributed by atoms with Gasteiger partial charge in [-0.05, 0) is 31.5 Å². The summed E-state index contributed by atoms with van der Waals surface area (Å²) in [6.45, 7) is 3.79. The van der Waals surface area contributed by atoms with Crippen molar-refractivity contribution in [3.8, 4) is 0 Å². The average Bonchev–Trinajstić information content (AvgIpc) is 2.42. The van der Waals surface area contributed by atoms with Crippen LogP contribution in [-0.4, -0.2) is 30.4 Å². The normalized spacial score (nSPS) is 11.8. The van der Waals surface area contributed by atoms with E-state index < -0.39 is 6.04 Å². The lowest BCUT2D eigenvalue weighted by molar-refractivity contribution is -0.146. The largest absolute Gasteiger partial charge is 0.459 e. The minimum atomic E-state index is -0.528. The van der Waals surface area contributed by atoms with Crippen LogP contribution in [0.3, 0.4) is 0 Å². The van der Waals surface area contributed by atoms with Gasteiger partial charge in [0.15, 0.2) is 0 Å². The molecule has 4 nitrogen and oxygen atoms in total. The molecule has 1 N–H and O–H groups in total. The van der Waals surface area contributed by atoms with E-state index in [0.717, 1.165) is 12.0 Å². The Hall–Kier alpha value is -1.68. The monoisotopic (exact) mass is 249 g/mol. The van der Waals surface area contributed by atoms with Gasteiger partial charge in [-0.15, -0.1) is 0 Å². The third kappa shape index (κ3) is 5.10. The van der Waals surface area contributed by atoms with Gasteiger partial charge in [0, 0.05) is 6.61 Å². The van der Waals surface area contributed by atoms with Crippen LogP contribution in [0.2, 0.25) is 0 Å². The summed E-state index contributed by atoms with van der Waals surface area (Å²) in [4.78, 5) is 15.5. The molecule has 1 unspecified atom stereocenters. The Morgan fingerprint density at radius 1 is 1.33 bits per heavy atom. The van der Waals surface area contributed by atoms with Crippen molar-refractivity contribution < 1.29 is 14.6 Å². The highest BCUT2D eigenvalue weighted by molar-refractivity contribution is 5.76. The number of carbonyl (C=O) groups excluding carboxylic acids is 1. The van der Waals surface area contributed by atoms with Crippen LogP contribution in [0.25, 0.3) is 0 Å². The molecule has 0 bridgehead atoms. The molecule has 1 rings (SSSR count). The zero-order valence-corrected chi connectivity index (χ0v) is 10.4. The van der Waals surface area contributed by atoms with E-state index in [4.69, 9.17) is 9.84 Å². The molecule has 0 saturated carbocycles. The van der Waals surface area contributed by atoms with Gasteiger partial charge in [-0.25, -0.2) is 4.79 Å². The summed E-state index contributed by atoms with van der Waals surface area (Å²) in [6, 6.07) is 8.97. The number of hydrogen-bond donors (Lipinski definition) is 1. The highest BCUT2D eigenvalue weighted by Crippen LogP contribution is 2.08. The van der Waals surface area contributed by atoms with Crippen molar-refractivity contribution in [2.45, 2.75) is 31.9 Å². The predicted molar refractivity (Wildman–Crippen MR) is 70.5 cm³/mol. The summed E-state index contributed by atoms with van der Waals surface area (Å²) in [5, 5.41) is 8.68. The maximum atomic E-state index is 11.7.